The Morgan fingerprint density at radius 2 is 1.84 bits per heavy atom. The van der Waals surface area contributed by atoms with Crippen LogP contribution in [-0.2, 0) is 0 Å². The summed E-state index contributed by atoms with van der Waals surface area (Å²) in [6, 6.07) is 4.32. The number of hydrogen-bond acceptors (Lipinski definition) is 2. The zero-order valence-corrected chi connectivity index (χ0v) is 12.7. The average Bonchev–Trinajstić information content (AvgIpc) is 2.68. The molecule has 0 amide bonds. The van der Waals surface area contributed by atoms with Crippen molar-refractivity contribution >= 4 is 11.0 Å². The van der Waals surface area contributed by atoms with E-state index in [1.807, 2.05) is 0 Å². The highest BCUT2D eigenvalue weighted by atomic mass is 14.9. The van der Waals surface area contributed by atoms with Gasteiger partial charge in [0, 0.05) is 12.5 Å². The molecule has 0 bridgehead atoms. The van der Waals surface area contributed by atoms with Gasteiger partial charge in [-0.2, -0.15) is 0 Å². The standard InChI is InChI=1S/C16H25N3/c1-10-6-13-14(7-11(10)2)19-15(18-13)12(9-17)8-16(3,4)5/h6-7,12H,8-9,17H2,1-5H3,(H,18,19). The Morgan fingerprint density at radius 1 is 1.21 bits per heavy atom. The molecule has 1 atom stereocenters. The summed E-state index contributed by atoms with van der Waals surface area (Å²) >= 11 is 0. The van der Waals surface area contributed by atoms with Crippen molar-refractivity contribution in [2.45, 2.75) is 47.0 Å². The van der Waals surface area contributed by atoms with Crippen LogP contribution in [0.15, 0.2) is 12.1 Å². The second-order valence-corrected chi connectivity index (χ2v) is 6.77. The highest BCUT2D eigenvalue weighted by Gasteiger charge is 2.21. The maximum absolute atomic E-state index is 5.93. The van der Waals surface area contributed by atoms with Crippen molar-refractivity contribution in [1.82, 2.24) is 9.97 Å². The van der Waals surface area contributed by atoms with Gasteiger partial charge in [0.1, 0.15) is 5.82 Å². The summed E-state index contributed by atoms with van der Waals surface area (Å²) in [6.07, 6.45) is 1.04. The summed E-state index contributed by atoms with van der Waals surface area (Å²) in [5.74, 6) is 1.32. The van der Waals surface area contributed by atoms with E-state index < -0.39 is 0 Å². The van der Waals surface area contributed by atoms with Gasteiger partial charge in [-0.05, 0) is 48.9 Å². The Morgan fingerprint density at radius 3 is 2.42 bits per heavy atom. The van der Waals surface area contributed by atoms with Crippen LogP contribution in [0.1, 0.15) is 50.1 Å². The summed E-state index contributed by atoms with van der Waals surface area (Å²) < 4.78 is 0. The van der Waals surface area contributed by atoms with Crippen molar-refractivity contribution in [3.05, 3.63) is 29.1 Å². The number of benzene rings is 1. The molecule has 104 valence electrons. The average molecular weight is 259 g/mol. The van der Waals surface area contributed by atoms with Crippen molar-refractivity contribution < 1.29 is 0 Å². The van der Waals surface area contributed by atoms with Gasteiger partial charge in [-0.25, -0.2) is 4.98 Å². The van der Waals surface area contributed by atoms with Crippen LogP contribution in [0, 0.1) is 19.3 Å². The molecule has 0 spiro atoms. The summed E-state index contributed by atoms with van der Waals surface area (Å²) in [5, 5.41) is 0. The van der Waals surface area contributed by atoms with E-state index in [-0.39, 0.29) is 5.41 Å². The Labute approximate surface area is 115 Å². The molecule has 0 aliphatic heterocycles. The van der Waals surface area contributed by atoms with Crippen molar-refractivity contribution in [2.75, 3.05) is 6.54 Å². The fourth-order valence-electron chi connectivity index (χ4n) is 2.51. The van der Waals surface area contributed by atoms with Gasteiger partial charge in [-0.1, -0.05) is 20.8 Å². The highest BCUT2D eigenvalue weighted by Crippen LogP contribution is 2.30. The third kappa shape index (κ3) is 3.16. The smallest absolute Gasteiger partial charge is 0.111 e. The van der Waals surface area contributed by atoms with Crippen LogP contribution in [0.3, 0.4) is 0 Å². The minimum atomic E-state index is 0.259. The SMILES string of the molecule is Cc1cc2nc(C(CN)CC(C)(C)C)[nH]c2cc1C. The van der Waals surface area contributed by atoms with E-state index in [0.29, 0.717) is 12.5 Å². The fraction of sp³-hybridized carbons (Fsp3) is 0.562. The molecule has 3 heteroatoms. The molecule has 1 unspecified atom stereocenters. The lowest BCUT2D eigenvalue weighted by Crippen LogP contribution is -2.20. The van der Waals surface area contributed by atoms with E-state index in [1.54, 1.807) is 0 Å². The van der Waals surface area contributed by atoms with Gasteiger partial charge in [0.25, 0.3) is 0 Å². The van der Waals surface area contributed by atoms with Gasteiger partial charge in [0.2, 0.25) is 0 Å². The molecule has 0 saturated carbocycles. The summed E-state index contributed by atoms with van der Waals surface area (Å²) in [4.78, 5) is 8.18. The largest absolute Gasteiger partial charge is 0.342 e. The second kappa shape index (κ2) is 4.97. The molecule has 0 radical (unpaired) electrons. The predicted molar refractivity (Wildman–Crippen MR) is 81.4 cm³/mol. The molecule has 3 N–H and O–H groups in total. The van der Waals surface area contributed by atoms with Crippen molar-refractivity contribution in [2.24, 2.45) is 11.1 Å². The van der Waals surface area contributed by atoms with E-state index >= 15 is 0 Å². The normalized spacial score (nSPS) is 14.0. The number of hydrogen-bond donors (Lipinski definition) is 2. The number of aromatic nitrogens is 2. The van der Waals surface area contributed by atoms with Crippen LogP contribution < -0.4 is 5.73 Å². The number of aryl methyl sites for hydroxylation is 2. The first-order valence-electron chi connectivity index (χ1n) is 6.97. The molecule has 2 rings (SSSR count). The third-order valence-electron chi connectivity index (χ3n) is 3.65. The van der Waals surface area contributed by atoms with Crippen LogP contribution in [0.2, 0.25) is 0 Å². The van der Waals surface area contributed by atoms with Crippen LogP contribution >= 0.6 is 0 Å². The van der Waals surface area contributed by atoms with Gasteiger partial charge in [0.05, 0.1) is 11.0 Å². The molecule has 0 aliphatic carbocycles. The minimum absolute atomic E-state index is 0.259. The first-order chi connectivity index (χ1) is 8.80. The van der Waals surface area contributed by atoms with Gasteiger partial charge < -0.3 is 10.7 Å². The second-order valence-electron chi connectivity index (χ2n) is 6.77. The van der Waals surface area contributed by atoms with E-state index in [0.717, 1.165) is 23.3 Å². The number of imidazole rings is 1. The number of nitrogens with two attached hydrogens (primary N) is 1. The Balaban J connectivity index is 2.39. The third-order valence-corrected chi connectivity index (χ3v) is 3.65. The number of nitrogens with one attached hydrogen (secondary N) is 1. The zero-order chi connectivity index (χ0) is 14.2. The fourth-order valence-corrected chi connectivity index (χ4v) is 2.51. The van der Waals surface area contributed by atoms with Crippen molar-refractivity contribution in [3.8, 4) is 0 Å². The quantitative estimate of drug-likeness (QED) is 0.883. The van der Waals surface area contributed by atoms with E-state index in [4.69, 9.17) is 10.7 Å². The molecule has 0 aliphatic rings. The maximum atomic E-state index is 5.93. The zero-order valence-electron chi connectivity index (χ0n) is 12.7. The van der Waals surface area contributed by atoms with Gasteiger partial charge >= 0.3 is 0 Å². The van der Waals surface area contributed by atoms with Crippen molar-refractivity contribution in [3.63, 3.8) is 0 Å². The van der Waals surface area contributed by atoms with E-state index in [9.17, 15) is 0 Å². The molecule has 3 nitrogen and oxygen atoms in total. The molecule has 1 aromatic carbocycles. The molecule has 2 aromatic rings. The summed E-state index contributed by atoms with van der Waals surface area (Å²) in [7, 11) is 0. The number of fused-ring (bicyclic) bond motifs is 1. The first kappa shape index (κ1) is 14.1. The Bertz CT molecular complexity index is 536. The lowest BCUT2D eigenvalue weighted by molar-refractivity contribution is 0.337. The first-order valence-corrected chi connectivity index (χ1v) is 6.97. The maximum Gasteiger partial charge on any atom is 0.111 e. The molecule has 19 heavy (non-hydrogen) atoms. The van der Waals surface area contributed by atoms with Crippen LogP contribution in [0.4, 0.5) is 0 Å². The van der Waals surface area contributed by atoms with Crippen LogP contribution in [-0.4, -0.2) is 16.5 Å². The van der Waals surface area contributed by atoms with E-state index in [2.05, 4.69) is 51.7 Å². The van der Waals surface area contributed by atoms with Crippen LogP contribution in [0.25, 0.3) is 11.0 Å². The Kier molecular flexibility index (Phi) is 3.68. The molecule has 1 aromatic heterocycles. The van der Waals surface area contributed by atoms with Gasteiger partial charge in [-0.3, -0.25) is 0 Å². The summed E-state index contributed by atoms with van der Waals surface area (Å²) in [6.45, 7) is 11.6. The monoisotopic (exact) mass is 259 g/mol. The topological polar surface area (TPSA) is 54.7 Å². The van der Waals surface area contributed by atoms with Crippen LogP contribution in [0.5, 0.6) is 0 Å². The number of rotatable bonds is 3. The lowest BCUT2D eigenvalue weighted by atomic mass is 9.84. The molecular formula is C16H25N3. The summed E-state index contributed by atoms with van der Waals surface area (Å²) in [5.41, 5.74) is 10.9. The highest BCUT2D eigenvalue weighted by molar-refractivity contribution is 5.77. The Hall–Kier alpha value is -1.35. The molecule has 0 saturated heterocycles. The number of aromatic amines is 1. The minimum Gasteiger partial charge on any atom is -0.342 e. The van der Waals surface area contributed by atoms with E-state index in [1.165, 1.54) is 11.1 Å². The molecular weight excluding hydrogens is 234 g/mol. The number of H-pyrrole nitrogens is 1. The van der Waals surface area contributed by atoms with Crippen molar-refractivity contribution in [1.29, 1.82) is 0 Å². The lowest BCUT2D eigenvalue weighted by Gasteiger charge is -2.23. The number of nitrogens with zero attached hydrogens (tertiary/aromatic N) is 1. The van der Waals surface area contributed by atoms with Gasteiger partial charge in [-0.15, -0.1) is 0 Å². The molecule has 0 fully saturated rings. The predicted octanol–water partition coefficient (Wildman–Crippen LogP) is 3.66. The molecule has 1 heterocycles. The van der Waals surface area contributed by atoms with Gasteiger partial charge in [0.15, 0.2) is 0 Å².